The predicted octanol–water partition coefficient (Wildman–Crippen LogP) is 4.89. The molecule has 49 heavy (non-hydrogen) atoms. The number of amides is 2. The number of hydrogen-bond acceptors (Lipinski definition) is 7. The summed E-state index contributed by atoms with van der Waals surface area (Å²) >= 11 is 0. The van der Waals surface area contributed by atoms with Crippen molar-refractivity contribution in [2.75, 3.05) is 38.7 Å². The van der Waals surface area contributed by atoms with Crippen LogP contribution < -0.4 is 16.0 Å². The van der Waals surface area contributed by atoms with E-state index >= 15 is 4.39 Å². The molecule has 2 aliphatic rings. The molecule has 0 unspecified atom stereocenters. The fraction of sp³-hybridized carbons (Fsp3) is 0.429. The molecule has 3 atom stereocenters. The zero-order chi connectivity index (χ0) is 35.2. The second-order valence-corrected chi connectivity index (χ2v) is 14.3. The van der Waals surface area contributed by atoms with E-state index in [2.05, 4.69) is 16.0 Å². The topological polar surface area (TPSA) is 126 Å². The van der Waals surface area contributed by atoms with Gasteiger partial charge in [0, 0.05) is 61.1 Å². The van der Waals surface area contributed by atoms with Gasteiger partial charge in [0.2, 0.25) is 15.9 Å². The van der Waals surface area contributed by atoms with E-state index in [-0.39, 0.29) is 60.2 Å². The minimum Gasteiger partial charge on any atom is -0.453 e. The van der Waals surface area contributed by atoms with Crippen LogP contribution in [0, 0.1) is 17.5 Å². The second kappa shape index (κ2) is 15.7. The van der Waals surface area contributed by atoms with Crippen LogP contribution >= 0.6 is 0 Å². The summed E-state index contributed by atoms with van der Waals surface area (Å²) in [4.78, 5) is 26.9. The minimum absolute atomic E-state index is 0.143. The Labute approximate surface area is 284 Å². The third-order valence-corrected chi connectivity index (χ3v) is 11.4. The van der Waals surface area contributed by atoms with E-state index in [1.165, 1.54) is 22.5 Å². The Morgan fingerprint density at radius 1 is 1.02 bits per heavy atom. The van der Waals surface area contributed by atoms with Crippen LogP contribution in [0.1, 0.15) is 43.7 Å². The van der Waals surface area contributed by atoms with Crippen molar-refractivity contribution in [1.29, 1.82) is 0 Å². The molecular formula is C35H41F3N4O6S. The van der Waals surface area contributed by atoms with Gasteiger partial charge >= 0.3 is 6.09 Å². The molecule has 2 amide bonds. The molecule has 3 aromatic carbocycles. The van der Waals surface area contributed by atoms with Crippen LogP contribution in [0.5, 0.6) is 0 Å². The first kappa shape index (κ1) is 36.3. The maximum absolute atomic E-state index is 15.4. The molecule has 2 aliphatic heterocycles. The minimum atomic E-state index is -3.79. The SMILES string of the molecule is COC(=O)N[C@H](C(=O)Nc1cccc(F)c1CCC[C@H]1CNC[C@@H](C)N1S(=O)(=O)c1ccccc1)C1(c2cc(F)cc(F)c2)CCOCC1. The van der Waals surface area contributed by atoms with Crippen LogP contribution in [0.2, 0.25) is 0 Å². The van der Waals surface area contributed by atoms with E-state index in [1.54, 1.807) is 30.3 Å². The van der Waals surface area contributed by atoms with Crippen molar-refractivity contribution in [3.05, 3.63) is 95.3 Å². The van der Waals surface area contributed by atoms with Gasteiger partial charge < -0.3 is 25.4 Å². The van der Waals surface area contributed by atoms with Crippen LogP contribution in [0.15, 0.2) is 71.6 Å². The van der Waals surface area contributed by atoms with Crippen molar-refractivity contribution < 1.29 is 40.7 Å². The molecule has 14 heteroatoms. The number of rotatable bonds is 11. The summed E-state index contributed by atoms with van der Waals surface area (Å²) < 4.78 is 83.5. The van der Waals surface area contributed by atoms with Gasteiger partial charge in [0.25, 0.3) is 0 Å². The number of sulfonamides is 1. The highest BCUT2D eigenvalue weighted by Gasteiger charge is 2.47. The average Bonchev–Trinajstić information content (AvgIpc) is 3.08. The molecule has 0 radical (unpaired) electrons. The highest BCUT2D eigenvalue weighted by atomic mass is 32.2. The van der Waals surface area contributed by atoms with E-state index in [9.17, 15) is 26.8 Å². The molecule has 10 nitrogen and oxygen atoms in total. The first-order valence-electron chi connectivity index (χ1n) is 16.2. The quantitative estimate of drug-likeness (QED) is 0.260. The largest absolute Gasteiger partial charge is 0.453 e. The maximum atomic E-state index is 15.4. The average molecular weight is 703 g/mol. The smallest absolute Gasteiger partial charge is 0.407 e. The van der Waals surface area contributed by atoms with Gasteiger partial charge in [-0.25, -0.2) is 26.4 Å². The monoisotopic (exact) mass is 702 g/mol. The molecule has 3 aromatic rings. The molecule has 0 bridgehead atoms. The Hall–Kier alpha value is -3.98. The van der Waals surface area contributed by atoms with Gasteiger partial charge in [0.1, 0.15) is 23.5 Å². The number of benzene rings is 3. The van der Waals surface area contributed by atoms with Crippen molar-refractivity contribution in [2.45, 2.75) is 67.5 Å². The number of hydrogen-bond donors (Lipinski definition) is 3. The number of anilines is 1. The van der Waals surface area contributed by atoms with Gasteiger partial charge in [-0.1, -0.05) is 24.3 Å². The van der Waals surface area contributed by atoms with Gasteiger partial charge in [0.05, 0.1) is 12.0 Å². The lowest BCUT2D eigenvalue weighted by Gasteiger charge is -2.43. The van der Waals surface area contributed by atoms with Crippen molar-refractivity contribution >= 4 is 27.7 Å². The molecule has 264 valence electrons. The summed E-state index contributed by atoms with van der Waals surface area (Å²) in [6.07, 6.45) is 0.306. The molecule has 0 aliphatic carbocycles. The molecule has 2 heterocycles. The second-order valence-electron chi connectivity index (χ2n) is 12.5. The first-order chi connectivity index (χ1) is 23.5. The maximum Gasteiger partial charge on any atom is 0.407 e. The molecule has 5 rings (SSSR count). The van der Waals surface area contributed by atoms with Gasteiger partial charge in [0.15, 0.2) is 0 Å². The van der Waals surface area contributed by atoms with Crippen molar-refractivity contribution in [1.82, 2.24) is 14.9 Å². The van der Waals surface area contributed by atoms with E-state index in [1.807, 2.05) is 6.92 Å². The van der Waals surface area contributed by atoms with E-state index in [0.29, 0.717) is 25.9 Å². The van der Waals surface area contributed by atoms with Crippen molar-refractivity contribution in [3.63, 3.8) is 0 Å². The van der Waals surface area contributed by atoms with Crippen LogP contribution in [0.3, 0.4) is 0 Å². The van der Waals surface area contributed by atoms with Gasteiger partial charge in [-0.15, -0.1) is 0 Å². The van der Waals surface area contributed by atoms with E-state index < -0.39 is 57.0 Å². The Bertz CT molecular complexity index is 1720. The summed E-state index contributed by atoms with van der Waals surface area (Å²) in [5, 5.41) is 8.60. The van der Waals surface area contributed by atoms with E-state index in [0.717, 1.165) is 25.3 Å². The molecule has 0 saturated carbocycles. The van der Waals surface area contributed by atoms with Crippen LogP contribution in [-0.2, 0) is 36.1 Å². The molecule has 2 saturated heterocycles. The van der Waals surface area contributed by atoms with Gasteiger partial charge in [-0.3, -0.25) is 4.79 Å². The lowest BCUT2D eigenvalue weighted by Crippen LogP contribution is -2.58. The predicted molar refractivity (Wildman–Crippen MR) is 177 cm³/mol. The zero-order valence-corrected chi connectivity index (χ0v) is 28.2. The number of carbonyl (C=O) groups excluding carboxylic acids is 2. The highest BCUT2D eigenvalue weighted by molar-refractivity contribution is 7.89. The molecular weight excluding hydrogens is 661 g/mol. The Balaban J connectivity index is 1.39. The molecule has 3 N–H and O–H groups in total. The third-order valence-electron chi connectivity index (χ3n) is 9.36. The van der Waals surface area contributed by atoms with Crippen molar-refractivity contribution in [2.24, 2.45) is 0 Å². The van der Waals surface area contributed by atoms with Crippen LogP contribution in [0.4, 0.5) is 23.7 Å². The fourth-order valence-corrected chi connectivity index (χ4v) is 8.84. The number of ether oxygens (including phenoxy) is 2. The van der Waals surface area contributed by atoms with Gasteiger partial charge in [-0.2, -0.15) is 4.31 Å². The number of piperazine rings is 1. The summed E-state index contributed by atoms with van der Waals surface area (Å²) in [5.41, 5.74) is -0.779. The Kier molecular flexibility index (Phi) is 11.6. The summed E-state index contributed by atoms with van der Waals surface area (Å²) in [6, 6.07) is 13.3. The third kappa shape index (κ3) is 8.09. The van der Waals surface area contributed by atoms with Gasteiger partial charge in [-0.05, 0) is 81.0 Å². The number of carbonyl (C=O) groups is 2. The number of nitrogens with one attached hydrogen (secondary N) is 3. The van der Waals surface area contributed by atoms with E-state index in [4.69, 9.17) is 9.47 Å². The number of methoxy groups -OCH3 is 1. The summed E-state index contributed by atoms with van der Waals surface area (Å²) in [5.74, 6) is -3.01. The standard InChI is InChI=1S/C35H41F3N4O6S/c1-23-21-39-22-27(42(23)49(45,46)28-9-4-3-5-10-28)8-6-11-29-30(38)12-7-13-31(29)40-33(43)32(41-34(44)47-2)35(14-16-48-17-15-35)24-18-25(36)20-26(37)19-24/h3-5,7,9-10,12-13,18-20,23,27,32,39H,6,8,11,14-17,21-22H2,1-2H3,(H,40,43)(H,41,44)/t23-,27+,32-/m1/s1. The normalized spacial score (nSPS) is 20.3. The lowest BCUT2D eigenvalue weighted by molar-refractivity contribution is -0.121. The Morgan fingerprint density at radius 3 is 2.39 bits per heavy atom. The number of nitrogens with zero attached hydrogens (tertiary/aromatic N) is 1. The van der Waals surface area contributed by atoms with Crippen molar-refractivity contribution in [3.8, 4) is 0 Å². The summed E-state index contributed by atoms with van der Waals surface area (Å²) in [7, 11) is -2.67. The molecule has 0 spiro atoms. The highest BCUT2D eigenvalue weighted by Crippen LogP contribution is 2.40. The van der Waals surface area contributed by atoms with Crippen LogP contribution in [0.25, 0.3) is 0 Å². The number of halogens is 3. The Morgan fingerprint density at radius 2 is 1.71 bits per heavy atom. The van der Waals surface area contributed by atoms with Crippen LogP contribution in [-0.4, -0.2) is 76.3 Å². The fourth-order valence-electron chi connectivity index (χ4n) is 6.98. The molecule has 2 fully saturated rings. The lowest BCUT2D eigenvalue weighted by atomic mass is 9.68. The molecule has 0 aromatic heterocycles. The zero-order valence-electron chi connectivity index (χ0n) is 27.4. The first-order valence-corrected chi connectivity index (χ1v) is 17.7. The summed E-state index contributed by atoms with van der Waals surface area (Å²) in [6.45, 7) is 3.06. The number of alkyl carbamates (subject to hydrolysis) is 1.